The fraction of sp³-hybridized carbons (Fsp3) is 0.130. The summed E-state index contributed by atoms with van der Waals surface area (Å²) in [5.74, 6) is -0.350. The summed E-state index contributed by atoms with van der Waals surface area (Å²) in [5, 5.41) is 2.64. The minimum Gasteiger partial charge on any atom is -0.455 e. The number of amides is 1. The highest BCUT2D eigenvalue weighted by Crippen LogP contribution is 2.29. The molecule has 0 radical (unpaired) electrons. The number of sulfonamides is 1. The fourth-order valence-electron chi connectivity index (χ4n) is 2.67. The summed E-state index contributed by atoms with van der Waals surface area (Å²) in [7, 11) is -0.917. The van der Waals surface area contributed by atoms with Crippen LogP contribution in [0.4, 0.5) is 5.69 Å². The highest BCUT2D eigenvalue weighted by atomic mass is 32.2. The van der Waals surface area contributed by atoms with Gasteiger partial charge in [-0.05, 0) is 42.5 Å². The van der Waals surface area contributed by atoms with Gasteiger partial charge in [-0.15, -0.1) is 0 Å². The van der Waals surface area contributed by atoms with Crippen molar-refractivity contribution in [3.63, 3.8) is 0 Å². The Morgan fingerprint density at radius 1 is 0.906 bits per heavy atom. The summed E-state index contributed by atoms with van der Waals surface area (Å²) >= 11 is 0. The van der Waals surface area contributed by atoms with Crippen LogP contribution in [0.25, 0.3) is 0 Å². The minimum absolute atomic E-state index is 0.0218. The Bertz CT molecular complexity index is 1210. The molecule has 0 aliphatic rings. The van der Waals surface area contributed by atoms with Gasteiger partial charge < -0.3 is 14.8 Å². The monoisotopic (exact) mass is 454 g/mol. The van der Waals surface area contributed by atoms with Crippen molar-refractivity contribution in [1.82, 2.24) is 4.31 Å². The van der Waals surface area contributed by atoms with E-state index in [4.69, 9.17) is 9.47 Å². The Balaban J connectivity index is 1.63. The van der Waals surface area contributed by atoms with Gasteiger partial charge in [-0.3, -0.25) is 4.79 Å². The quantitative estimate of drug-likeness (QED) is 0.523. The zero-order valence-electron chi connectivity index (χ0n) is 17.5. The van der Waals surface area contributed by atoms with Crippen LogP contribution in [0.5, 0.6) is 11.5 Å². The lowest BCUT2D eigenvalue weighted by atomic mass is 10.2. The lowest BCUT2D eigenvalue weighted by Crippen LogP contribution is -2.23. The number of hydrogen-bond donors (Lipinski definition) is 1. The van der Waals surface area contributed by atoms with Crippen molar-refractivity contribution in [2.75, 3.05) is 26.0 Å². The molecule has 0 aliphatic carbocycles. The average Bonchev–Trinajstić information content (AvgIpc) is 2.79. The van der Waals surface area contributed by atoms with Gasteiger partial charge in [0.05, 0.1) is 16.1 Å². The average molecular weight is 455 g/mol. The van der Waals surface area contributed by atoms with Crippen molar-refractivity contribution in [3.8, 4) is 11.5 Å². The van der Waals surface area contributed by atoms with Gasteiger partial charge in [0.2, 0.25) is 10.0 Å². The molecular formula is C23H22N2O6S. The van der Waals surface area contributed by atoms with Crippen LogP contribution in [0.1, 0.15) is 10.4 Å². The molecule has 1 N–H and O–H groups in total. The van der Waals surface area contributed by atoms with E-state index in [0.29, 0.717) is 17.2 Å². The number of carbonyl (C=O) groups is 2. The molecule has 0 saturated heterocycles. The molecule has 8 nitrogen and oxygen atoms in total. The van der Waals surface area contributed by atoms with Crippen LogP contribution in [0, 0.1) is 0 Å². The first-order valence-electron chi connectivity index (χ1n) is 9.59. The third kappa shape index (κ3) is 5.71. The molecule has 32 heavy (non-hydrogen) atoms. The number of esters is 1. The smallest absolute Gasteiger partial charge is 0.338 e. The molecule has 1 amide bonds. The SMILES string of the molecule is CN(C)S(=O)(=O)c1cccc(C(=O)OCC(=O)Nc2ccccc2Oc2ccccc2)c1. The standard InChI is InChI=1S/C23H22N2O6S/c1-25(2)32(28,29)19-12-8-9-17(15-19)23(27)30-16-22(26)24-20-13-6-7-14-21(20)31-18-10-4-3-5-11-18/h3-15H,16H2,1-2H3,(H,24,26). The van der Waals surface area contributed by atoms with E-state index in [1.54, 1.807) is 36.4 Å². The van der Waals surface area contributed by atoms with Crippen molar-refractivity contribution >= 4 is 27.6 Å². The molecule has 3 rings (SSSR count). The Morgan fingerprint density at radius 3 is 2.31 bits per heavy atom. The lowest BCUT2D eigenvalue weighted by molar-refractivity contribution is -0.119. The van der Waals surface area contributed by atoms with Gasteiger partial charge in [-0.1, -0.05) is 36.4 Å². The van der Waals surface area contributed by atoms with E-state index in [-0.39, 0.29) is 10.5 Å². The van der Waals surface area contributed by atoms with E-state index in [0.717, 1.165) is 4.31 Å². The van der Waals surface area contributed by atoms with E-state index in [2.05, 4.69) is 5.32 Å². The second kappa shape index (κ2) is 10.1. The van der Waals surface area contributed by atoms with E-state index in [1.165, 1.54) is 38.4 Å². The molecule has 0 fully saturated rings. The van der Waals surface area contributed by atoms with E-state index < -0.39 is 28.5 Å². The molecule has 0 heterocycles. The van der Waals surface area contributed by atoms with Crippen molar-refractivity contribution in [1.29, 1.82) is 0 Å². The Hall–Kier alpha value is -3.69. The van der Waals surface area contributed by atoms with Gasteiger partial charge in [0.15, 0.2) is 12.4 Å². The summed E-state index contributed by atoms with van der Waals surface area (Å²) in [6.07, 6.45) is 0. The predicted octanol–water partition coefficient (Wildman–Crippen LogP) is 3.52. The molecule has 0 atom stereocenters. The third-order valence-electron chi connectivity index (χ3n) is 4.31. The number of nitrogens with zero attached hydrogens (tertiary/aromatic N) is 1. The topological polar surface area (TPSA) is 102 Å². The molecule has 0 unspecified atom stereocenters. The number of nitrogens with one attached hydrogen (secondary N) is 1. The van der Waals surface area contributed by atoms with E-state index in [1.807, 2.05) is 18.2 Å². The van der Waals surface area contributed by atoms with Gasteiger partial charge >= 0.3 is 5.97 Å². The normalized spacial score (nSPS) is 11.1. The Labute approximate surface area is 186 Å². The van der Waals surface area contributed by atoms with Crippen molar-refractivity contribution in [2.45, 2.75) is 4.90 Å². The molecule has 0 saturated carbocycles. The maximum Gasteiger partial charge on any atom is 0.338 e. The highest BCUT2D eigenvalue weighted by Gasteiger charge is 2.19. The number of benzene rings is 3. The van der Waals surface area contributed by atoms with E-state index >= 15 is 0 Å². The van der Waals surface area contributed by atoms with Crippen LogP contribution < -0.4 is 10.1 Å². The van der Waals surface area contributed by atoms with Crippen LogP contribution in [-0.4, -0.2) is 45.3 Å². The molecular weight excluding hydrogens is 432 g/mol. The number of ether oxygens (including phenoxy) is 2. The Kier molecular flexibility index (Phi) is 7.24. The molecule has 9 heteroatoms. The van der Waals surface area contributed by atoms with Crippen LogP contribution in [0.15, 0.2) is 83.8 Å². The van der Waals surface area contributed by atoms with E-state index in [9.17, 15) is 18.0 Å². The van der Waals surface area contributed by atoms with Crippen LogP contribution >= 0.6 is 0 Å². The summed E-state index contributed by atoms with van der Waals surface area (Å²) in [6, 6.07) is 21.4. The van der Waals surface area contributed by atoms with Gasteiger partial charge in [-0.2, -0.15) is 0 Å². The maximum atomic E-state index is 12.3. The Morgan fingerprint density at radius 2 is 1.59 bits per heavy atom. The summed E-state index contributed by atoms with van der Waals surface area (Å²) < 4.78 is 36.3. The van der Waals surface area contributed by atoms with Gasteiger partial charge in [0.25, 0.3) is 5.91 Å². The molecule has 3 aromatic rings. The zero-order chi connectivity index (χ0) is 23.1. The first-order chi connectivity index (χ1) is 15.3. The predicted molar refractivity (Wildman–Crippen MR) is 119 cm³/mol. The number of para-hydroxylation sites is 3. The fourth-order valence-corrected chi connectivity index (χ4v) is 3.62. The minimum atomic E-state index is -3.70. The van der Waals surface area contributed by atoms with Crippen LogP contribution in [0.2, 0.25) is 0 Å². The van der Waals surface area contributed by atoms with Crippen molar-refractivity contribution in [3.05, 3.63) is 84.4 Å². The molecule has 0 aliphatic heterocycles. The van der Waals surface area contributed by atoms with Gasteiger partial charge in [0.1, 0.15) is 5.75 Å². The second-order valence-corrected chi connectivity index (χ2v) is 9.00. The molecule has 3 aromatic carbocycles. The van der Waals surface area contributed by atoms with Crippen LogP contribution in [0.3, 0.4) is 0 Å². The van der Waals surface area contributed by atoms with Crippen LogP contribution in [-0.2, 0) is 19.6 Å². The number of hydrogen-bond acceptors (Lipinski definition) is 6. The zero-order valence-corrected chi connectivity index (χ0v) is 18.3. The van der Waals surface area contributed by atoms with Crippen molar-refractivity contribution < 1.29 is 27.5 Å². The largest absolute Gasteiger partial charge is 0.455 e. The molecule has 166 valence electrons. The number of anilines is 1. The number of carbonyl (C=O) groups excluding carboxylic acids is 2. The first-order valence-corrected chi connectivity index (χ1v) is 11.0. The summed E-state index contributed by atoms with van der Waals surface area (Å²) in [6.45, 7) is -0.552. The first kappa shape index (κ1) is 23.0. The molecule has 0 bridgehead atoms. The molecule has 0 spiro atoms. The highest BCUT2D eigenvalue weighted by molar-refractivity contribution is 7.89. The number of rotatable bonds is 8. The lowest BCUT2D eigenvalue weighted by Gasteiger charge is -2.13. The third-order valence-corrected chi connectivity index (χ3v) is 6.13. The van der Waals surface area contributed by atoms with Gasteiger partial charge in [0, 0.05) is 14.1 Å². The van der Waals surface area contributed by atoms with Crippen molar-refractivity contribution in [2.24, 2.45) is 0 Å². The summed E-state index contributed by atoms with van der Waals surface area (Å²) in [4.78, 5) is 24.6. The molecule has 0 aromatic heterocycles. The maximum absolute atomic E-state index is 12.3. The second-order valence-electron chi connectivity index (χ2n) is 6.85. The summed E-state index contributed by atoms with van der Waals surface area (Å²) in [5.41, 5.74) is 0.435. The van der Waals surface area contributed by atoms with Gasteiger partial charge in [-0.25, -0.2) is 17.5 Å².